The Morgan fingerprint density at radius 3 is 3.07 bits per heavy atom. The fraction of sp³-hybridized carbons (Fsp3) is 0.300. The molecule has 1 heterocycles. The molecule has 0 unspecified atom stereocenters. The zero-order chi connectivity index (χ0) is 9.97. The number of amides is 1. The van der Waals surface area contributed by atoms with Gasteiger partial charge in [0.1, 0.15) is 5.75 Å². The van der Waals surface area contributed by atoms with Gasteiger partial charge in [-0.05, 0) is 24.5 Å². The van der Waals surface area contributed by atoms with Gasteiger partial charge < -0.3 is 4.74 Å². The number of aryl methyl sites for hydroxylation is 1. The van der Waals surface area contributed by atoms with Gasteiger partial charge in [0, 0.05) is 0 Å². The van der Waals surface area contributed by atoms with Crippen molar-refractivity contribution < 1.29 is 14.7 Å². The molecule has 1 aliphatic rings. The lowest BCUT2D eigenvalue weighted by molar-refractivity contribution is -0.137. The van der Waals surface area contributed by atoms with E-state index in [-0.39, 0.29) is 0 Å². The van der Waals surface area contributed by atoms with Crippen LogP contribution in [0.25, 0.3) is 0 Å². The molecule has 1 amide bonds. The molecule has 0 aliphatic carbocycles. The molecule has 0 fully saturated rings. The third-order valence-electron chi connectivity index (χ3n) is 2.32. The number of ether oxygens (including phenoxy) is 1. The molecule has 0 saturated heterocycles. The molecule has 4 nitrogen and oxygen atoms in total. The van der Waals surface area contributed by atoms with Crippen molar-refractivity contribution in [3.8, 4) is 5.75 Å². The second-order valence-corrected chi connectivity index (χ2v) is 3.23. The van der Waals surface area contributed by atoms with Crippen molar-refractivity contribution in [1.29, 1.82) is 0 Å². The summed E-state index contributed by atoms with van der Waals surface area (Å²) >= 11 is 0. The van der Waals surface area contributed by atoms with E-state index in [0.717, 1.165) is 17.7 Å². The normalized spacial score (nSPS) is 19.4. The van der Waals surface area contributed by atoms with E-state index >= 15 is 0 Å². The molecule has 14 heavy (non-hydrogen) atoms. The minimum atomic E-state index is -0.574. The van der Waals surface area contributed by atoms with E-state index in [2.05, 4.69) is 0 Å². The quantitative estimate of drug-likeness (QED) is 0.514. The van der Waals surface area contributed by atoms with Crippen LogP contribution in [0.5, 0.6) is 5.75 Å². The second-order valence-electron chi connectivity index (χ2n) is 3.23. The molecule has 0 spiro atoms. The van der Waals surface area contributed by atoms with Crippen molar-refractivity contribution in [1.82, 2.24) is 5.48 Å². The van der Waals surface area contributed by atoms with Crippen LogP contribution >= 0.6 is 0 Å². The van der Waals surface area contributed by atoms with Crippen LogP contribution in [0.4, 0.5) is 0 Å². The predicted octanol–water partition coefficient (Wildman–Crippen LogP) is 0.886. The molecule has 74 valence electrons. The van der Waals surface area contributed by atoms with Crippen LogP contribution in [0.15, 0.2) is 24.3 Å². The average Bonchev–Trinajstić information content (AvgIpc) is 2.27. The number of nitrogens with one attached hydrogen (secondary N) is 1. The Morgan fingerprint density at radius 2 is 2.29 bits per heavy atom. The van der Waals surface area contributed by atoms with E-state index in [1.807, 2.05) is 24.3 Å². The highest BCUT2D eigenvalue weighted by Gasteiger charge is 2.25. The maximum Gasteiger partial charge on any atom is 0.284 e. The van der Waals surface area contributed by atoms with Gasteiger partial charge >= 0.3 is 0 Å². The summed E-state index contributed by atoms with van der Waals surface area (Å²) in [6, 6.07) is 7.60. The molecule has 0 aromatic heterocycles. The molecule has 0 saturated carbocycles. The number of hydrogen-bond acceptors (Lipinski definition) is 3. The lowest BCUT2D eigenvalue weighted by Crippen LogP contribution is -2.38. The number of hydrogen-bond donors (Lipinski definition) is 2. The molecule has 1 aromatic rings. The molecule has 2 N–H and O–H groups in total. The number of benzene rings is 1. The summed E-state index contributed by atoms with van der Waals surface area (Å²) in [6.07, 6.45) is 0.826. The zero-order valence-corrected chi connectivity index (χ0v) is 7.56. The van der Waals surface area contributed by atoms with Crippen molar-refractivity contribution in [2.75, 3.05) is 0 Å². The van der Waals surface area contributed by atoms with Gasteiger partial charge in [-0.3, -0.25) is 10.0 Å². The van der Waals surface area contributed by atoms with E-state index in [1.54, 1.807) is 5.48 Å². The van der Waals surface area contributed by atoms with Crippen molar-refractivity contribution in [3.63, 3.8) is 0 Å². The molecule has 1 aliphatic heterocycles. The Morgan fingerprint density at radius 1 is 1.50 bits per heavy atom. The molecule has 0 radical (unpaired) electrons. The highest BCUT2D eigenvalue weighted by molar-refractivity contribution is 5.80. The van der Waals surface area contributed by atoms with Crippen molar-refractivity contribution in [2.45, 2.75) is 18.9 Å². The van der Waals surface area contributed by atoms with Crippen LogP contribution in [0.2, 0.25) is 0 Å². The first-order chi connectivity index (χ1) is 6.81. The number of carbonyl (C=O) groups excluding carboxylic acids is 1. The average molecular weight is 193 g/mol. The lowest BCUT2D eigenvalue weighted by atomic mass is 10.0. The standard InChI is InChI=1S/C10H11NO3/c12-10(11-13)9-6-5-7-3-1-2-4-8(7)14-9/h1-4,9,13H,5-6H2,(H,11,12)/t9-/m1/s1. The SMILES string of the molecule is O=C(NO)[C@H]1CCc2ccccc2O1. The number of para-hydroxylation sites is 1. The van der Waals surface area contributed by atoms with Crippen molar-refractivity contribution in [3.05, 3.63) is 29.8 Å². The monoisotopic (exact) mass is 193 g/mol. The molecular weight excluding hydrogens is 182 g/mol. The van der Waals surface area contributed by atoms with Crippen LogP contribution in [-0.4, -0.2) is 17.2 Å². The van der Waals surface area contributed by atoms with Gasteiger partial charge in [0.15, 0.2) is 6.10 Å². The van der Waals surface area contributed by atoms with Gasteiger partial charge in [-0.2, -0.15) is 0 Å². The van der Waals surface area contributed by atoms with Gasteiger partial charge in [-0.25, -0.2) is 5.48 Å². The first-order valence-electron chi connectivity index (χ1n) is 4.50. The lowest BCUT2D eigenvalue weighted by Gasteiger charge is -2.24. The van der Waals surface area contributed by atoms with Gasteiger partial charge in [-0.15, -0.1) is 0 Å². The first kappa shape index (κ1) is 9.02. The van der Waals surface area contributed by atoms with E-state index < -0.39 is 12.0 Å². The van der Waals surface area contributed by atoms with Crippen LogP contribution in [0.3, 0.4) is 0 Å². The first-order valence-corrected chi connectivity index (χ1v) is 4.50. The summed E-state index contributed by atoms with van der Waals surface area (Å²) in [5.74, 6) is 0.242. The van der Waals surface area contributed by atoms with Crippen LogP contribution in [-0.2, 0) is 11.2 Å². The topological polar surface area (TPSA) is 58.6 Å². The highest BCUT2D eigenvalue weighted by Crippen LogP contribution is 2.26. The fourth-order valence-electron chi connectivity index (χ4n) is 1.58. The third-order valence-corrected chi connectivity index (χ3v) is 2.32. The Kier molecular flexibility index (Phi) is 2.37. The van der Waals surface area contributed by atoms with Gasteiger partial charge in [-0.1, -0.05) is 18.2 Å². The largest absolute Gasteiger partial charge is 0.480 e. The van der Waals surface area contributed by atoms with Crippen LogP contribution < -0.4 is 10.2 Å². The van der Waals surface area contributed by atoms with E-state index in [4.69, 9.17) is 9.94 Å². The Bertz CT molecular complexity index is 351. The summed E-state index contributed by atoms with van der Waals surface area (Å²) in [5, 5.41) is 8.46. The van der Waals surface area contributed by atoms with Crippen molar-refractivity contribution in [2.24, 2.45) is 0 Å². The van der Waals surface area contributed by atoms with Crippen molar-refractivity contribution >= 4 is 5.91 Å². The molecule has 1 aromatic carbocycles. The van der Waals surface area contributed by atoms with E-state index in [0.29, 0.717) is 6.42 Å². The zero-order valence-electron chi connectivity index (χ0n) is 7.56. The fourth-order valence-corrected chi connectivity index (χ4v) is 1.58. The smallest absolute Gasteiger partial charge is 0.284 e. The summed E-state index contributed by atoms with van der Waals surface area (Å²) in [7, 11) is 0. The minimum absolute atomic E-state index is 0.487. The third kappa shape index (κ3) is 1.56. The molecule has 2 rings (SSSR count). The molecule has 0 bridgehead atoms. The Labute approximate surface area is 81.5 Å². The van der Waals surface area contributed by atoms with Gasteiger partial charge in [0.2, 0.25) is 0 Å². The summed E-state index contributed by atoms with van der Waals surface area (Å²) in [6.45, 7) is 0. The number of rotatable bonds is 1. The number of hydroxylamine groups is 1. The van der Waals surface area contributed by atoms with E-state index in [1.165, 1.54) is 0 Å². The van der Waals surface area contributed by atoms with Gasteiger partial charge in [0.25, 0.3) is 5.91 Å². The minimum Gasteiger partial charge on any atom is -0.480 e. The molecule has 1 atom stereocenters. The molecule has 4 heteroatoms. The summed E-state index contributed by atoms with van der Waals surface area (Å²) in [5.41, 5.74) is 2.71. The predicted molar refractivity (Wildman–Crippen MR) is 49.1 cm³/mol. The Hall–Kier alpha value is -1.55. The second kappa shape index (κ2) is 3.67. The number of fused-ring (bicyclic) bond motifs is 1. The maximum absolute atomic E-state index is 11.1. The van der Waals surface area contributed by atoms with Crippen LogP contribution in [0.1, 0.15) is 12.0 Å². The number of carbonyl (C=O) groups is 1. The summed E-state index contributed by atoms with van der Waals surface area (Å²) < 4.78 is 5.41. The highest BCUT2D eigenvalue weighted by atomic mass is 16.5. The van der Waals surface area contributed by atoms with Gasteiger partial charge in [0.05, 0.1) is 0 Å². The van der Waals surface area contributed by atoms with E-state index in [9.17, 15) is 4.79 Å². The summed E-state index contributed by atoms with van der Waals surface area (Å²) in [4.78, 5) is 11.1. The maximum atomic E-state index is 11.1. The van der Waals surface area contributed by atoms with Crippen LogP contribution in [0, 0.1) is 0 Å². The molecular formula is C10H11NO3. The Balaban J connectivity index is 2.17.